The zero-order valence-electron chi connectivity index (χ0n) is 15.7. The third-order valence-corrected chi connectivity index (χ3v) is 5.32. The highest BCUT2D eigenvalue weighted by Gasteiger charge is 2.22. The van der Waals surface area contributed by atoms with E-state index in [2.05, 4.69) is 22.6 Å². The summed E-state index contributed by atoms with van der Waals surface area (Å²) < 4.78 is 11.3. The van der Waals surface area contributed by atoms with E-state index in [0.717, 1.165) is 63.4 Å². The minimum absolute atomic E-state index is 0.107. The number of hydrogen-bond acceptors (Lipinski definition) is 5. The van der Waals surface area contributed by atoms with Gasteiger partial charge in [-0.15, -0.1) is 0 Å². The van der Waals surface area contributed by atoms with E-state index >= 15 is 0 Å². The molecule has 1 atom stereocenters. The van der Waals surface area contributed by atoms with E-state index in [4.69, 9.17) is 9.47 Å². The van der Waals surface area contributed by atoms with Gasteiger partial charge < -0.3 is 20.1 Å². The maximum absolute atomic E-state index is 12.1. The molecule has 1 unspecified atom stereocenters. The fourth-order valence-electron chi connectivity index (χ4n) is 3.57. The number of likely N-dealkylation sites (N-methyl/N-ethyl adjacent to an activating group) is 1. The van der Waals surface area contributed by atoms with E-state index in [9.17, 15) is 4.79 Å². The molecule has 3 rings (SSSR count). The highest BCUT2D eigenvalue weighted by molar-refractivity contribution is 5.79. The molecule has 0 radical (unpaired) electrons. The van der Waals surface area contributed by atoms with Crippen LogP contribution in [0.3, 0.4) is 0 Å². The highest BCUT2D eigenvalue weighted by atomic mass is 16.5. The molecule has 6 nitrogen and oxygen atoms in total. The van der Waals surface area contributed by atoms with Gasteiger partial charge >= 0.3 is 0 Å². The van der Waals surface area contributed by atoms with Crippen molar-refractivity contribution in [2.45, 2.75) is 31.8 Å². The number of rotatable bonds is 8. The van der Waals surface area contributed by atoms with Crippen LogP contribution in [0.15, 0.2) is 24.3 Å². The fraction of sp³-hybridized carbons (Fsp3) is 0.650. The van der Waals surface area contributed by atoms with Gasteiger partial charge in [-0.3, -0.25) is 9.69 Å². The second kappa shape index (κ2) is 9.90. The van der Waals surface area contributed by atoms with Crippen LogP contribution in [0.2, 0.25) is 0 Å². The van der Waals surface area contributed by atoms with Crippen molar-refractivity contribution in [1.29, 1.82) is 0 Å². The third kappa shape index (κ3) is 5.69. The van der Waals surface area contributed by atoms with Crippen molar-refractivity contribution >= 4 is 5.91 Å². The number of hydrogen-bond donors (Lipinski definition) is 2. The summed E-state index contributed by atoms with van der Waals surface area (Å²) in [5, 5.41) is 6.26. The SMILES string of the molecule is CN(CCOc1cccc(CNC(=O)C2CCNC2)c1)C1CCOCC1. The molecular weight excluding hydrogens is 330 g/mol. The molecule has 2 saturated heterocycles. The summed E-state index contributed by atoms with van der Waals surface area (Å²) in [6.45, 7) is 5.56. The van der Waals surface area contributed by atoms with Crippen molar-refractivity contribution in [3.8, 4) is 5.75 Å². The predicted molar refractivity (Wildman–Crippen MR) is 101 cm³/mol. The molecule has 6 heteroatoms. The molecule has 0 aliphatic carbocycles. The van der Waals surface area contributed by atoms with Gasteiger partial charge in [0.1, 0.15) is 12.4 Å². The predicted octanol–water partition coefficient (Wildman–Crippen LogP) is 1.40. The Hall–Kier alpha value is -1.63. The number of carbonyl (C=O) groups is 1. The maximum atomic E-state index is 12.1. The van der Waals surface area contributed by atoms with E-state index in [1.165, 1.54) is 0 Å². The molecule has 2 N–H and O–H groups in total. The molecule has 1 aromatic carbocycles. The molecule has 26 heavy (non-hydrogen) atoms. The minimum Gasteiger partial charge on any atom is -0.492 e. The lowest BCUT2D eigenvalue weighted by atomic mass is 10.1. The van der Waals surface area contributed by atoms with Crippen LogP contribution in [0.25, 0.3) is 0 Å². The van der Waals surface area contributed by atoms with Gasteiger partial charge in [0.25, 0.3) is 0 Å². The lowest BCUT2D eigenvalue weighted by Crippen LogP contribution is -2.38. The maximum Gasteiger partial charge on any atom is 0.224 e. The minimum atomic E-state index is 0.107. The van der Waals surface area contributed by atoms with Crippen LogP contribution in [0.1, 0.15) is 24.8 Å². The molecule has 1 amide bonds. The molecule has 0 bridgehead atoms. The Labute approximate surface area is 156 Å². The summed E-state index contributed by atoms with van der Waals surface area (Å²) >= 11 is 0. The van der Waals surface area contributed by atoms with Crippen molar-refractivity contribution in [1.82, 2.24) is 15.5 Å². The third-order valence-electron chi connectivity index (χ3n) is 5.32. The van der Waals surface area contributed by atoms with Gasteiger partial charge in [0.15, 0.2) is 0 Å². The number of nitrogens with zero attached hydrogens (tertiary/aromatic N) is 1. The normalized spacial score (nSPS) is 21.1. The molecule has 2 fully saturated rings. The van der Waals surface area contributed by atoms with Gasteiger partial charge in [-0.1, -0.05) is 12.1 Å². The van der Waals surface area contributed by atoms with Crippen molar-refractivity contribution < 1.29 is 14.3 Å². The Morgan fingerprint density at radius 1 is 1.35 bits per heavy atom. The first-order valence-electron chi connectivity index (χ1n) is 9.70. The summed E-state index contributed by atoms with van der Waals surface area (Å²) in [5.41, 5.74) is 1.07. The van der Waals surface area contributed by atoms with E-state index in [-0.39, 0.29) is 11.8 Å². The number of benzene rings is 1. The van der Waals surface area contributed by atoms with Crippen LogP contribution >= 0.6 is 0 Å². The van der Waals surface area contributed by atoms with Crippen molar-refractivity contribution in [3.05, 3.63) is 29.8 Å². The van der Waals surface area contributed by atoms with Crippen LogP contribution in [0, 0.1) is 5.92 Å². The van der Waals surface area contributed by atoms with Gasteiger partial charge in [0.2, 0.25) is 5.91 Å². The first-order valence-corrected chi connectivity index (χ1v) is 9.70. The second-order valence-electron chi connectivity index (χ2n) is 7.23. The van der Waals surface area contributed by atoms with Gasteiger partial charge in [-0.05, 0) is 50.6 Å². The second-order valence-corrected chi connectivity index (χ2v) is 7.23. The lowest BCUT2D eigenvalue weighted by Gasteiger charge is -2.31. The molecule has 0 spiro atoms. The Balaban J connectivity index is 1.39. The van der Waals surface area contributed by atoms with Gasteiger partial charge in [0, 0.05) is 38.9 Å². The fourth-order valence-corrected chi connectivity index (χ4v) is 3.57. The number of ether oxygens (including phenoxy) is 2. The molecule has 0 saturated carbocycles. The summed E-state index contributed by atoms with van der Waals surface area (Å²) in [5.74, 6) is 1.11. The average Bonchev–Trinajstić information content (AvgIpc) is 3.22. The number of nitrogens with one attached hydrogen (secondary N) is 2. The van der Waals surface area contributed by atoms with Gasteiger partial charge in [0.05, 0.1) is 5.92 Å². The average molecular weight is 361 g/mol. The van der Waals surface area contributed by atoms with E-state index in [0.29, 0.717) is 19.2 Å². The van der Waals surface area contributed by atoms with Crippen LogP contribution in [-0.4, -0.2) is 63.4 Å². The molecule has 2 aliphatic rings. The Bertz CT molecular complexity index is 569. The number of amides is 1. The summed E-state index contributed by atoms with van der Waals surface area (Å²) in [4.78, 5) is 14.5. The Kier molecular flexibility index (Phi) is 7.29. The zero-order valence-corrected chi connectivity index (χ0v) is 15.7. The Morgan fingerprint density at radius 2 is 2.19 bits per heavy atom. The van der Waals surface area contributed by atoms with Crippen LogP contribution in [0.4, 0.5) is 0 Å². The summed E-state index contributed by atoms with van der Waals surface area (Å²) in [6, 6.07) is 8.59. The molecule has 0 aromatic heterocycles. The van der Waals surface area contributed by atoms with E-state index < -0.39 is 0 Å². The van der Waals surface area contributed by atoms with Crippen LogP contribution < -0.4 is 15.4 Å². The zero-order chi connectivity index (χ0) is 18.2. The quantitative estimate of drug-likeness (QED) is 0.733. The topological polar surface area (TPSA) is 62.8 Å². The lowest BCUT2D eigenvalue weighted by molar-refractivity contribution is -0.124. The van der Waals surface area contributed by atoms with Crippen LogP contribution in [0.5, 0.6) is 5.75 Å². The molecule has 1 aromatic rings. The Morgan fingerprint density at radius 3 is 2.96 bits per heavy atom. The standard InChI is InChI=1S/C20H31N3O3/c1-23(18-6-10-25-11-7-18)9-12-26-19-4-2-3-16(13-19)14-22-20(24)17-5-8-21-15-17/h2-4,13,17-18,21H,5-12,14-15H2,1H3,(H,22,24). The molecule has 2 heterocycles. The van der Waals surface area contributed by atoms with Crippen molar-refractivity contribution in [3.63, 3.8) is 0 Å². The van der Waals surface area contributed by atoms with Crippen molar-refractivity contribution in [2.24, 2.45) is 5.92 Å². The molecular formula is C20H31N3O3. The molecule has 144 valence electrons. The summed E-state index contributed by atoms with van der Waals surface area (Å²) in [7, 11) is 2.16. The van der Waals surface area contributed by atoms with Crippen LogP contribution in [-0.2, 0) is 16.1 Å². The smallest absolute Gasteiger partial charge is 0.224 e. The highest BCUT2D eigenvalue weighted by Crippen LogP contribution is 2.15. The van der Waals surface area contributed by atoms with Gasteiger partial charge in [-0.2, -0.15) is 0 Å². The largest absolute Gasteiger partial charge is 0.492 e. The van der Waals surface area contributed by atoms with E-state index in [1.54, 1.807) is 0 Å². The van der Waals surface area contributed by atoms with Gasteiger partial charge in [-0.25, -0.2) is 0 Å². The number of carbonyl (C=O) groups excluding carboxylic acids is 1. The monoisotopic (exact) mass is 361 g/mol. The van der Waals surface area contributed by atoms with Crippen molar-refractivity contribution in [2.75, 3.05) is 46.5 Å². The van der Waals surface area contributed by atoms with E-state index in [1.807, 2.05) is 24.3 Å². The summed E-state index contributed by atoms with van der Waals surface area (Å²) in [6.07, 6.45) is 3.13. The molecule has 2 aliphatic heterocycles. The first kappa shape index (κ1) is 19.1. The first-order chi connectivity index (χ1) is 12.7.